The molecule has 0 spiro atoms. The van der Waals surface area contributed by atoms with Gasteiger partial charge in [0.05, 0.1) is 0 Å². The van der Waals surface area contributed by atoms with Gasteiger partial charge in [0.2, 0.25) is 0 Å². The van der Waals surface area contributed by atoms with E-state index in [0.717, 1.165) is 31.6 Å². The zero-order valence-corrected chi connectivity index (χ0v) is 12.7. The van der Waals surface area contributed by atoms with Gasteiger partial charge in [0.25, 0.3) is 0 Å². The first-order chi connectivity index (χ1) is 10.8. The smallest absolute Gasteiger partial charge is 0.123 e. The summed E-state index contributed by atoms with van der Waals surface area (Å²) in [6, 6.07) is 17.2. The zero-order chi connectivity index (χ0) is 15.4. The molecule has 1 fully saturated rings. The molecule has 22 heavy (non-hydrogen) atoms. The van der Waals surface area contributed by atoms with Crippen LogP contribution in [0.5, 0.6) is 0 Å². The van der Waals surface area contributed by atoms with Gasteiger partial charge in [-0.05, 0) is 42.1 Å². The van der Waals surface area contributed by atoms with Gasteiger partial charge in [-0.15, -0.1) is 0 Å². The number of halogens is 1. The van der Waals surface area contributed by atoms with E-state index in [1.54, 1.807) is 0 Å². The Morgan fingerprint density at radius 2 is 1.77 bits per heavy atom. The molecule has 0 radical (unpaired) electrons. The van der Waals surface area contributed by atoms with Gasteiger partial charge in [-0.1, -0.05) is 42.5 Å². The molecule has 1 saturated heterocycles. The number of hydrogen-bond donors (Lipinski definition) is 1. The number of likely N-dealkylation sites (tertiary alicyclic amines) is 1. The first-order valence-electron chi connectivity index (χ1n) is 7.89. The molecule has 2 atom stereocenters. The van der Waals surface area contributed by atoms with Crippen LogP contribution < -0.4 is 0 Å². The van der Waals surface area contributed by atoms with Gasteiger partial charge in [0, 0.05) is 25.6 Å². The Morgan fingerprint density at radius 3 is 2.45 bits per heavy atom. The molecule has 2 aromatic rings. The van der Waals surface area contributed by atoms with Gasteiger partial charge < -0.3 is 5.11 Å². The highest BCUT2D eigenvalue weighted by molar-refractivity contribution is 5.22. The molecule has 0 saturated carbocycles. The Balaban J connectivity index is 1.67. The highest BCUT2D eigenvalue weighted by Crippen LogP contribution is 2.33. The monoisotopic (exact) mass is 299 g/mol. The van der Waals surface area contributed by atoms with Gasteiger partial charge in [-0.25, -0.2) is 4.39 Å². The van der Waals surface area contributed by atoms with Crippen LogP contribution in [0.4, 0.5) is 4.39 Å². The minimum Gasteiger partial charge on any atom is -0.396 e. The standard InChI is InChI=1S/C19H22FNO/c20-18-8-6-16(7-9-18)19-10-11-21(13-17(19)14-22)12-15-4-2-1-3-5-15/h1-9,17,19,22H,10-14H2/t17-,19-/m1/s1. The highest BCUT2D eigenvalue weighted by Gasteiger charge is 2.29. The molecule has 0 unspecified atom stereocenters. The summed E-state index contributed by atoms with van der Waals surface area (Å²) < 4.78 is 13.1. The molecule has 1 N–H and O–H groups in total. The van der Waals surface area contributed by atoms with Crippen molar-refractivity contribution in [1.82, 2.24) is 4.90 Å². The second kappa shape index (κ2) is 7.03. The summed E-state index contributed by atoms with van der Waals surface area (Å²) in [5, 5.41) is 9.76. The first-order valence-corrected chi connectivity index (χ1v) is 7.89. The maximum absolute atomic E-state index is 13.1. The minimum atomic E-state index is -0.203. The van der Waals surface area contributed by atoms with Crippen LogP contribution in [0.2, 0.25) is 0 Å². The number of aliphatic hydroxyl groups is 1. The van der Waals surface area contributed by atoms with Crippen LogP contribution >= 0.6 is 0 Å². The minimum absolute atomic E-state index is 0.174. The molecule has 1 aliphatic heterocycles. The van der Waals surface area contributed by atoms with Gasteiger partial charge in [0.1, 0.15) is 5.82 Å². The summed E-state index contributed by atoms with van der Waals surface area (Å²) in [6.45, 7) is 2.99. The predicted octanol–water partition coefficient (Wildman–Crippen LogP) is 3.42. The summed E-state index contributed by atoms with van der Waals surface area (Å²) >= 11 is 0. The second-order valence-electron chi connectivity index (χ2n) is 6.11. The van der Waals surface area contributed by atoms with Crippen molar-refractivity contribution in [3.8, 4) is 0 Å². The van der Waals surface area contributed by atoms with E-state index in [0.29, 0.717) is 5.92 Å². The predicted molar refractivity (Wildman–Crippen MR) is 86.1 cm³/mol. The lowest BCUT2D eigenvalue weighted by atomic mass is 9.81. The molecule has 3 rings (SSSR count). The Hall–Kier alpha value is -1.71. The first kappa shape index (κ1) is 15.2. The zero-order valence-electron chi connectivity index (χ0n) is 12.7. The van der Waals surface area contributed by atoms with Crippen molar-refractivity contribution in [1.29, 1.82) is 0 Å². The Labute approximate surface area is 131 Å². The van der Waals surface area contributed by atoms with E-state index in [-0.39, 0.29) is 18.3 Å². The fraction of sp³-hybridized carbons (Fsp3) is 0.368. The van der Waals surface area contributed by atoms with E-state index >= 15 is 0 Å². The molecule has 1 heterocycles. The topological polar surface area (TPSA) is 23.5 Å². The Morgan fingerprint density at radius 1 is 1.05 bits per heavy atom. The third-order valence-electron chi connectivity index (χ3n) is 4.60. The van der Waals surface area contributed by atoms with E-state index in [1.807, 2.05) is 18.2 Å². The Bertz CT molecular complexity index is 584. The fourth-order valence-electron chi connectivity index (χ4n) is 3.43. The van der Waals surface area contributed by atoms with Crippen LogP contribution in [0, 0.1) is 11.7 Å². The third-order valence-corrected chi connectivity index (χ3v) is 4.60. The van der Waals surface area contributed by atoms with Gasteiger partial charge in [0.15, 0.2) is 0 Å². The molecule has 0 amide bonds. The summed E-state index contributed by atoms with van der Waals surface area (Å²) in [6.07, 6.45) is 1.00. The number of benzene rings is 2. The number of aliphatic hydroxyl groups excluding tert-OH is 1. The quantitative estimate of drug-likeness (QED) is 0.935. The van der Waals surface area contributed by atoms with Gasteiger partial charge in [-0.2, -0.15) is 0 Å². The lowest BCUT2D eigenvalue weighted by Crippen LogP contribution is -2.40. The van der Waals surface area contributed by atoms with Crippen molar-refractivity contribution in [2.75, 3.05) is 19.7 Å². The van der Waals surface area contributed by atoms with Gasteiger partial charge in [-0.3, -0.25) is 4.90 Å². The van der Waals surface area contributed by atoms with Crippen LogP contribution in [0.3, 0.4) is 0 Å². The van der Waals surface area contributed by atoms with Crippen LogP contribution in [0.1, 0.15) is 23.5 Å². The fourth-order valence-corrected chi connectivity index (χ4v) is 3.43. The van der Waals surface area contributed by atoms with E-state index < -0.39 is 0 Å². The summed E-state index contributed by atoms with van der Waals surface area (Å²) in [4.78, 5) is 2.40. The van der Waals surface area contributed by atoms with Gasteiger partial charge >= 0.3 is 0 Å². The van der Waals surface area contributed by atoms with Crippen molar-refractivity contribution < 1.29 is 9.50 Å². The maximum Gasteiger partial charge on any atom is 0.123 e. The lowest BCUT2D eigenvalue weighted by Gasteiger charge is -2.38. The summed E-state index contributed by atoms with van der Waals surface area (Å²) in [5.74, 6) is 0.325. The average molecular weight is 299 g/mol. The third kappa shape index (κ3) is 3.54. The van der Waals surface area contributed by atoms with Crippen LogP contribution in [0.25, 0.3) is 0 Å². The number of piperidine rings is 1. The van der Waals surface area contributed by atoms with Crippen LogP contribution in [0.15, 0.2) is 54.6 Å². The van der Waals surface area contributed by atoms with Crippen molar-refractivity contribution in [3.05, 3.63) is 71.5 Å². The molecule has 0 aliphatic carbocycles. The van der Waals surface area contributed by atoms with E-state index in [2.05, 4.69) is 29.2 Å². The lowest BCUT2D eigenvalue weighted by molar-refractivity contribution is 0.0972. The van der Waals surface area contributed by atoms with E-state index in [4.69, 9.17) is 0 Å². The van der Waals surface area contributed by atoms with Crippen molar-refractivity contribution in [3.63, 3.8) is 0 Å². The molecular weight excluding hydrogens is 277 g/mol. The molecule has 2 aromatic carbocycles. The van der Waals surface area contributed by atoms with Crippen LogP contribution in [-0.4, -0.2) is 29.7 Å². The second-order valence-corrected chi connectivity index (χ2v) is 6.11. The van der Waals surface area contributed by atoms with Crippen molar-refractivity contribution in [2.24, 2.45) is 5.92 Å². The SMILES string of the molecule is OC[C@H]1CN(Cc2ccccc2)CC[C@@H]1c1ccc(F)cc1. The molecule has 116 valence electrons. The molecule has 1 aliphatic rings. The average Bonchev–Trinajstić information content (AvgIpc) is 2.56. The summed E-state index contributed by atoms with van der Waals surface area (Å²) in [5.41, 5.74) is 2.44. The molecule has 3 heteroatoms. The summed E-state index contributed by atoms with van der Waals surface area (Å²) in [7, 11) is 0. The number of nitrogens with zero attached hydrogens (tertiary/aromatic N) is 1. The highest BCUT2D eigenvalue weighted by atomic mass is 19.1. The molecule has 0 aromatic heterocycles. The molecule has 0 bridgehead atoms. The number of hydrogen-bond acceptors (Lipinski definition) is 2. The van der Waals surface area contributed by atoms with E-state index in [1.165, 1.54) is 17.7 Å². The van der Waals surface area contributed by atoms with Crippen molar-refractivity contribution in [2.45, 2.75) is 18.9 Å². The van der Waals surface area contributed by atoms with Crippen molar-refractivity contribution >= 4 is 0 Å². The van der Waals surface area contributed by atoms with E-state index in [9.17, 15) is 9.50 Å². The normalized spacial score (nSPS) is 22.6. The number of rotatable bonds is 4. The van der Waals surface area contributed by atoms with Crippen LogP contribution in [-0.2, 0) is 6.54 Å². The Kier molecular flexibility index (Phi) is 4.86. The largest absolute Gasteiger partial charge is 0.396 e. The molecule has 2 nitrogen and oxygen atoms in total. The maximum atomic E-state index is 13.1. The molecular formula is C19H22FNO.